The summed E-state index contributed by atoms with van der Waals surface area (Å²) in [4.78, 5) is 0. The normalized spacial score (nSPS) is 35.5. The average molecular weight is 273 g/mol. The number of nitrogens with one attached hydrogen (secondary N) is 1. The summed E-state index contributed by atoms with van der Waals surface area (Å²) in [7, 11) is 1.39. The molecule has 19 heavy (non-hydrogen) atoms. The van der Waals surface area contributed by atoms with Gasteiger partial charge in [0.05, 0.1) is 25.5 Å². The SMILES string of the molecule is CO[C@H]1O[C@H](CO)[C@@H](O)[C@@H](NCc2ccco2)[C@@H]1O. The molecule has 5 atom stereocenters. The molecule has 1 fully saturated rings. The lowest BCUT2D eigenvalue weighted by Gasteiger charge is -2.41. The second-order valence-electron chi connectivity index (χ2n) is 4.43. The van der Waals surface area contributed by atoms with Gasteiger partial charge in [-0.3, -0.25) is 0 Å². The van der Waals surface area contributed by atoms with E-state index >= 15 is 0 Å². The molecule has 0 bridgehead atoms. The highest BCUT2D eigenvalue weighted by molar-refractivity contribution is 5.00. The van der Waals surface area contributed by atoms with E-state index in [2.05, 4.69) is 5.32 Å². The number of rotatable bonds is 5. The van der Waals surface area contributed by atoms with Crippen LogP contribution in [0.2, 0.25) is 0 Å². The summed E-state index contributed by atoms with van der Waals surface area (Å²) in [6.07, 6.45) is -2.24. The first-order valence-electron chi connectivity index (χ1n) is 6.08. The molecule has 0 aromatic carbocycles. The number of furan rings is 1. The maximum atomic E-state index is 10.1. The van der Waals surface area contributed by atoms with Gasteiger partial charge in [0, 0.05) is 7.11 Å². The first-order chi connectivity index (χ1) is 9.17. The maximum Gasteiger partial charge on any atom is 0.185 e. The number of hydrogen-bond acceptors (Lipinski definition) is 7. The van der Waals surface area contributed by atoms with E-state index in [9.17, 15) is 10.2 Å². The monoisotopic (exact) mass is 273 g/mol. The van der Waals surface area contributed by atoms with Crippen LogP contribution in [0.1, 0.15) is 5.76 Å². The number of hydrogen-bond donors (Lipinski definition) is 4. The fourth-order valence-electron chi connectivity index (χ4n) is 2.15. The Kier molecular flexibility index (Phi) is 4.92. The van der Waals surface area contributed by atoms with Crippen LogP contribution in [0.5, 0.6) is 0 Å². The van der Waals surface area contributed by atoms with E-state index in [1.165, 1.54) is 7.11 Å². The minimum absolute atomic E-state index is 0.348. The third-order valence-electron chi connectivity index (χ3n) is 3.21. The fraction of sp³-hybridized carbons (Fsp3) is 0.667. The van der Waals surface area contributed by atoms with Gasteiger partial charge in [0.1, 0.15) is 24.1 Å². The summed E-state index contributed by atoms with van der Waals surface area (Å²) >= 11 is 0. The number of ether oxygens (including phenoxy) is 2. The van der Waals surface area contributed by atoms with Crippen molar-refractivity contribution in [3.8, 4) is 0 Å². The molecule has 1 aliphatic rings. The standard InChI is InChI=1S/C12H19NO6/c1-17-12-11(16)9(10(15)8(6-14)19-12)13-5-7-3-2-4-18-7/h2-4,8-16H,5-6H2,1H3/t8-,9-,10-,11+,12+/m1/s1. The van der Waals surface area contributed by atoms with E-state index in [0.29, 0.717) is 12.3 Å². The molecule has 2 heterocycles. The van der Waals surface area contributed by atoms with Crippen LogP contribution in [0, 0.1) is 0 Å². The predicted molar refractivity (Wildman–Crippen MR) is 64.1 cm³/mol. The Balaban J connectivity index is 2.01. The highest BCUT2D eigenvalue weighted by atomic mass is 16.7. The minimum atomic E-state index is -1.04. The molecule has 7 nitrogen and oxygen atoms in total. The molecule has 0 saturated carbocycles. The third-order valence-corrected chi connectivity index (χ3v) is 3.21. The zero-order valence-corrected chi connectivity index (χ0v) is 10.6. The van der Waals surface area contributed by atoms with E-state index in [0.717, 1.165) is 0 Å². The topological polar surface area (TPSA) is 104 Å². The lowest BCUT2D eigenvalue weighted by atomic mass is 9.96. The van der Waals surface area contributed by atoms with Crippen molar-refractivity contribution < 1.29 is 29.2 Å². The van der Waals surface area contributed by atoms with Gasteiger partial charge in [0.2, 0.25) is 0 Å². The zero-order valence-electron chi connectivity index (χ0n) is 10.6. The molecule has 4 N–H and O–H groups in total. The van der Waals surface area contributed by atoms with Gasteiger partial charge < -0.3 is 34.5 Å². The third kappa shape index (κ3) is 3.14. The Labute approximate surface area is 110 Å². The molecule has 2 rings (SSSR count). The van der Waals surface area contributed by atoms with Crippen LogP contribution < -0.4 is 5.32 Å². The van der Waals surface area contributed by atoms with Crippen molar-refractivity contribution in [2.45, 2.75) is 37.2 Å². The van der Waals surface area contributed by atoms with E-state index in [1.54, 1.807) is 18.4 Å². The Hall–Kier alpha value is -0.960. The molecule has 1 aromatic rings. The van der Waals surface area contributed by atoms with Gasteiger partial charge in [0.15, 0.2) is 6.29 Å². The molecule has 0 amide bonds. The lowest BCUT2D eigenvalue weighted by molar-refractivity contribution is -0.271. The van der Waals surface area contributed by atoms with Crippen molar-refractivity contribution in [3.63, 3.8) is 0 Å². The largest absolute Gasteiger partial charge is 0.468 e. The van der Waals surface area contributed by atoms with Crippen LogP contribution in [0.4, 0.5) is 0 Å². The summed E-state index contributed by atoms with van der Waals surface area (Å²) in [5.41, 5.74) is 0. The van der Waals surface area contributed by atoms with E-state index in [1.807, 2.05) is 0 Å². The predicted octanol–water partition coefficient (Wildman–Crippen LogP) is -1.18. The van der Waals surface area contributed by atoms with Gasteiger partial charge in [0.25, 0.3) is 0 Å². The van der Waals surface area contributed by atoms with Crippen LogP contribution >= 0.6 is 0 Å². The summed E-state index contributed by atoms with van der Waals surface area (Å²) in [6.45, 7) is -0.00690. The van der Waals surface area contributed by atoms with Crippen LogP contribution in [-0.2, 0) is 16.0 Å². The van der Waals surface area contributed by atoms with E-state index in [-0.39, 0.29) is 6.61 Å². The summed E-state index contributed by atoms with van der Waals surface area (Å²) < 4.78 is 15.4. The van der Waals surface area contributed by atoms with E-state index in [4.69, 9.17) is 19.0 Å². The van der Waals surface area contributed by atoms with Gasteiger partial charge in [-0.1, -0.05) is 0 Å². The molecule has 0 aliphatic carbocycles. The van der Waals surface area contributed by atoms with Gasteiger partial charge in [-0.05, 0) is 12.1 Å². The van der Waals surface area contributed by atoms with Crippen LogP contribution in [0.15, 0.2) is 22.8 Å². The first-order valence-corrected chi connectivity index (χ1v) is 6.08. The van der Waals surface area contributed by atoms with Gasteiger partial charge in [-0.2, -0.15) is 0 Å². The first kappa shape index (κ1) is 14.4. The second-order valence-corrected chi connectivity index (χ2v) is 4.43. The Morgan fingerprint density at radius 2 is 2.16 bits per heavy atom. The van der Waals surface area contributed by atoms with Gasteiger partial charge in [-0.25, -0.2) is 0 Å². The molecule has 0 unspecified atom stereocenters. The Morgan fingerprint density at radius 1 is 1.37 bits per heavy atom. The number of aliphatic hydroxyl groups excluding tert-OH is 3. The van der Waals surface area contributed by atoms with Crippen LogP contribution in [0.25, 0.3) is 0 Å². The fourth-order valence-corrected chi connectivity index (χ4v) is 2.15. The molecular formula is C12H19NO6. The highest BCUT2D eigenvalue weighted by Crippen LogP contribution is 2.22. The lowest BCUT2D eigenvalue weighted by Crippen LogP contribution is -2.63. The number of methoxy groups -OCH3 is 1. The molecule has 0 radical (unpaired) electrons. The minimum Gasteiger partial charge on any atom is -0.468 e. The molecule has 1 saturated heterocycles. The molecule has 0 spiro atoms. The molecule has 7 heteroatoms. The molecule has 1 aromatic heterocycles. The van der Waals surface area contributed by atoms with Crippen LogP contribution in [0.3, 0.4) is 0 Å². The Bertz CT molecular complexity index is 354. The second kappa shape index (κ2) is 6.47. The van der Waals surface area contributed by atoms with Crippen molar-refractivity contribution in [3.05, 3.63) is 24.2 Å². The average Bonchev–Trinajstić information content (AvgIpc) is 2.92. The highest BCUT2D eigenvalue weighted by Gasteiger charge is 2.44. The zero-order chi connectivity index (χ0) is 13.8. The number of aliphatic hydroxyl groups is 3. The molecular weight excluding hydrogens is 254 g/mol. The van der Waals surface area contributed by atoms with Crippen LogP contribution in [-0.4, -0.2) is 59.7 Å². The van der Waals surface area contributed by atoms with Crippen molar-refractivity contribution in [2.75, 3.05) is 13.7 Å². The van der Waals surface area contributed by atoms with E-state index < -0.39 is 30.6 Å². The smallest absolute Gasteiger partial charge is 0.185 e. The van der Waals surface area contributed by atoms with Gasteiger partial charge in [-0.15, -0.1) is 0 Å². The maximum absolute atomic E-state index is 10.1. The molecule has 108 valence electrons. The summed E-state index contributed by atoms with van der Waals surface area (Å²) in [6, 6.07) is 2.85. The Morgan fingerprint density at radius 3 is 2.74 bits per heavy atom. The quantitative estimate of drug-likeness (QED) is 0.535. The molecule has 1 aliphatic heterocycles. The van der Waals surface area contributed by atoms with Gasteiger partial charge >= 0.3 is 0 Å². The van der Waals surface area contributed by atoms with Crippen molar-refractivity contribution in [2.24, 2.45) is 0 Å². The van der Waals surface area contributed by atoms with Crippen molar-refractivity contribution in [1.29, 1.82) is 0 Å². The summed E-state index contributed by atoms with van der Waals surface area (Å²) in [5, 5.41) is 32.3. The van der Waals surface area contributed by atoms with Crippen molar-refractivity contribution in [1.82, 2.24) is 5.32 Å². The summed E-state index contributed by atoms with van der Waals surface area (Å²) in [5.74, 6) is 0.681. The van der Waals surface area contributed by atoms with Crippen molar-refractivity contribution >= 4 is 0 Å².